The first-order valence-corrected chi connectivity index (χ1v) is 9.84. The Morgan fingerprint density at radius 2 is 1.90 bits per heavy atom. The second-order valence-corrected chi connectivity index (χ2v) is 7.33. The molecule has 2 aromatic carbocycles. The number of nitrogens with zero attached hydrogens (tertiary/aromatic N) is 1. The predicted molar refractivity (Wildman–Crippen MR) is 112 cm³/mol. The van der Waals surface area contributed by atoms with Gasteiger partial charge in [-0.25, -0.2) is 4.79 Å². The van der Waals surface area contributed by atoms with Crippen molar-refractivity contribution in [3.8, 4) is 11.5 Å². The number of hydrogen-bond acceptors (Lipinski definition) is 4. The number of benzene rings is 2. The molecule has 1 heterocycles. The number of hydrogen-bond donors (Lipinski definition) is 2. The molecule has 29 heavy (non-hydrogen) atoms. The second kappa shape index (κ2) is 8.03. The maximum absolute atomic E-state index is 12.5. The summed E-state index contributed by atoms with van der Waals surface area (Å²) in [5.41, 5.74) is 3.25. The minimum Gasteiger partial charge on any atom is -0.493 e. The smallest absolute Gasteiger partial charge is 0.323 e. The number of para-hydroxylation sites is 1. The van der Waals surface area contributed by atoms with Crippen LogP contribution in [0.2, 0.25) is 0 Å². The Morgan fingerprint density at radius 3 is 2.62 bits per heavy atom. The first kappa shape index (κ1) is 19.1. The summed E-state index contributed by atoms with van der Waals surface area (Å²) in [6, 6.07) is 10.6. The van der Waals surface area contributed by atoms with Crippen molar-refractivity contribution in [2.24, 2.45) is 5.92 Å². The predicted octanol–water partition coefficient (Wildman–Crippen LogP) is 4.04. The lowest BCUT2D eigenvalue weighted by Gasteiger charge is -2.30. The molecule has 1 saturated carbocycles. The van der Waals surface area contributed by atoms with Crippen molar-refractivity contribution in [3.05, 3.63) is 42.0 Å². The summed E-state index contributed by atoms with van der Waals surface area (Å²) < 4.78 is 10.6. The van der Waals surface area contributed by atoms with Gasteiger partial charge in [-0.05, 0) is 61.6 Å². The zero-order valence-electron chi connectivity index (χ0n) is 16.7. The van der Waals surface area contributed by atoms with Crippen LogP contribution in [-0.2, 0) is 11.2 Å². The highest BCUT2D eigenvalue weighted by Crippen LogP contribution is 2.37. The third kappa shape index (κ3) is 3.99. The van der Waals surface area contributed by atoms with Crippen LogP contribution in [0, 0.1) is 5.92 Å². The van der Waals surface area contributed by atoms with Gasteiger partial charge in [-0.15, -0.1) is 0 Å². The highest BCUT2D eigenvalue weighted by molar-refractivity contribution is 6.02. The van der Waals surface area contributed by atoms with Crippen LogP contribution in [0.1, 0.15) is 24.8 Å². The van der Waals surface area contributed by atoms with E-state index in [1.54, 1.807) is 25.3 Å². The molecule has 2 N–H and O–H groups in total. The van der Waals surface area contributed by atoms with Gasteiger partial charge in [-0.2, -0.15) is 0 Å². The minimum atomic E-state index is -0.377. The van der Waals surface area contributed by atoms with Gasteiger partial charge in [0.05, 0.1) is 19.9 Å². The molecule has 7 nitrogen and oxygen atoms in total. The highest BCUT2D eigenvalue weighted by Gasteiger charge is 2.35. The van der Waals surface area contributed by atoms with Gasteiger partial charge >= 0.3 is 6.03 Å². The number of amides is 3. The number of urea groups is 1. The number of carbonyl (C=O) groups excluding carboxylic acids is 2. The molecule has 0 bridgehead atoms. The molecule has 2 aliphatic rings. The van der Waals surface area contributed by atoms with E-state index in [2.05, 4.69) is 10.6 Å². The molecule has 0 radical (unpaired) electrons. The Morgan fingerprint density at radius 1 is 1.07 bits per heavy atom. The van der Waals surface area contributed by atoms with Crippen molar-refractivity contribution in [1.29, 1.82) is 0 Å². The normalized spacial score (nSPS) is 15.3. The van der Waals surface area contributed by atoms with Crippen molar-refractivity contribution in [2.75, 3.05) is 36.3 Å². The van der Waals surface area contributed by atoms with Gasteiger partial charge in [-0.1, -0.05) is 6.07 Å². The molecule has 0 saturated heterocycles. The quantitative estimate of drug-likeness (QED) is 0.801. The summed E-state index contributed by atoms with van der Waals surface area (Å²) in [6.45, 7) is 0.769. The Hall–Kier alpha value is -3.22. The van der Waals surface area contributed by atoms with Gasteiger partial charge in [0.2, 0.25) is 5.91 Å². The van der Waals surface area contributed by atoms with Crippen LogP contribution >= 0.6 is 0 Å². The fourth-order valence-electron chi connectivity index (χ4n) is 3.72. The SMILES string of the molecule is COc1cccc(NC(=O)Nc2ccc3c(c2)CCCN3C(=O)C2CC2)c1OC. The number of nitrogens with one attached hydrogen (secondary N) is 2. The average Bonchev–Trinajstić information content (AvgIpc) is 3.57. The van der Waals surface area contributed by atoms with E-state index in [0.717, 1.165) is 43.5 Å². The number of aryl methyl sites for hydroxylation is 1. The van der Waals surface area contributed by atoms with E-state index in [4.69, 9.17) is 9.47 Å². The lowest BCUT2D eigenvalue weighted by Crippen LogP contribution is -2.36. The lowest BCUT2D eigenvalue weighted by atomic mass is 10.0. The fourth-order valence-corrected chi connectivity index (χ4v) is 3.72. The fraction of sp³-hybridized carbons (Fsp3) is 0.364. The molecule has 0 aromatic heterocycles. The number of rotatable bonds is 5. The van der Waals surface area contributed by atoms with E-state index in [-0.39, 0.29) is 17.9 Å². The maximum Gasteiger partial charge on any atom is 0.323 e. The number of anilines is 3. The van der Waals surface area contributed by atoms with Crippen molar-refractivity contribution in [3.63, 3.8) is 0 Å². The van der Waals surface area contributed by atoms with Crippen molar-refractivity contribution in [1.82, 2.24) is 0 Å². The van der Waals surface area contributed by atoms with E-state index in [1.807, 2.05) is 23.1 Å². The third-order valence-electron chi connectivity index (χ3n) is 5.30. The lowest BCUT2D eigenvalue weighted by molar-refractivity contribution is -0.119. The largest absolute Gasteiger partial charge is 0.493 e. The molecular formula is C22H25N3O4. The van der Waals surface area contributed by atoms with Gasteiger partial charge in [-0.3, -0.25) is 4.79 Å². The van der Waals surface area contributed by atoms with Gasteiger partial charge in [0.15, 0.2) is 11.5 Å². The summed E-state index contributed by atoms with van der Waals surface area (Å²) in [6.07, 6.45) is 3.82. The van der Waals surface area contributed by atoms with E-state index in [0.29, 0.717) is 22.9 Å². The molecular weight excluding hydrogens is 370 g/mol. The Balaban J connectivity index is 1.48. The second-order valence-electron chi connectivity index (χ2n) is 7.33. The third-order valence-corrected chi connectivity index (χ3v) is 5.30. The molecule has 1 aliphatic heterocycles. The number of fused-ring (bicyclic) bond motifs is 1. The van der Waals surface area contributed by atoms with Crippen LogP contribution in [0.4, 0.5) is 21.9 Å². The molecule has 0 atom stereocenters. The van der Waals surface area contributed by atoms with E-state index >= 15 is 0 Å². The summed E-state index contributed by atoms with van der Waals surface area (Å²) in [4.78, 5) is 26.9. The highest BCUT2D eigenvalue weighted by atomic mass is 16.5. The van der Waals surface area contributed by atoms with Gasteiger partial charge in [0.1, 0.15) is 0 Å². The molecule has 7 heteroatoms. The van der Waals surface area contributed by atoms with Crippen molar-refractivity contribution in [2.45, 2.75) is 25.7 Å². The standard InChI is InChI=1S/C22H25N3O4/c1-28-19-7-3-6-17(20(19)29-2)24-22(27)23-16-10-11-18-15(13-16)5-4-12-25(18)21(26)14-8-9-14/h3,6-7,10-11,13-14H,4-5,8-9,12H2,1-2H3,(H2,23,24,27). The summed E-state index contributed by atoms with van der Waals surface area (Å²) in [7, 11) is 3.07. The molecule has 0 spiro atoms. The average molecular weight is 395 g/mol. The molecule has 3 amide bonds. The van der Waals surface area contributed by atoms with Crippen LogP contribution in [0.15, 0.2) is 36.4 Å². The Kier molecular flexibility index (Phi) is 5.29. The van der Waals surface area contributed by atoms with Gasteiger partial charge in [0, 0.05) is 23.8 Å². The first-order chi connectivity index (χ1) is 14.1. The molecule has 152 valence electrons. The number of methoxy groups -OCH3 is 2. The van der Waals surface area contributed by atoms with Crippen LogP contribution in [0.5, 0.6) is 11.5 Å². The maximum atomic E-state index is 12.5. The Labute approximate surface area is 170 Å². The van der Waals surface area contributed by atoms with Crippen LogP contribution in [-0.4, -0.2) is 32.7 Å². The monoisotopic (exact) mass is 395 g/mol. The Bertz CT molecular complexity index is 940. The number of ether oxygens (including phenoxy) is 2. The molecule has 2 aromatic rings. The molecule has 4 rings (SSSR count). The first-order valence-electron chi connectivity index (χ1n) is 9.84. The molecule has 1 fully saturated rings. The molecule has 0 unspecified atom stereocenters. The zero-order chi connectivity index (χ0) is 20.4. The van der Waals surface area contributed by atoms with Crippen LogP contribution < -0.4 is 25.0 Å². The van der Waals surface area contributed by atoms with E-state index in [9.17, 15) is 9.59 Å². The van der Waals surface area contributed by atoms with E-state index in [1.165, 1.54) is 7.11 Å². The summed E-state index contributed by atoms with van der Waals surface area (Å²) >= 11 is 0. The van der Waals surface area contributed by atoms with Gasteiger partial charge < -0.3 is 25.0 Å². The van der Waals surface area contributed by atoms with Crippen molar-refractivity contribution >= 4 is 29.0 Å². The van der Waals surface area contributed by atoms with Crippen LogP contribution in [0.25, 0.3) is 0 Å². The molecule has 1 aliphatic carbocycles. The van der Waals surface area contributed by atoms with Crippen molar-refractivity contribution < 1.29 is 19.1 Å². The minimum absolute atomic E-state index is 0.197. The van der Waals surface area contributed by atoms with Gasteiger partial charge in [0.25, 0.3) is 0 Å². The topological polar surface area (TPSA) is 79.9 Å². The number of carbonyl (C=O) groups is 2. The van der Waals surface area contributed by atoms with E-state index < -0.39 is 0 Å². The van der Waals surface area contributed by atoms with Crippen LogP contribution in [0.3, 0.4) is 0 Å². The summed E-state index contributed by atoms with van der Waals surface area (Å²) in [5, 5.41) is 5.65. The summed E-state index contributed by atoms with van der Waals surface area (Å²) in [5.74, 6) is 1.43. The zero-order valence-corrected chi connectivity index (χ0v) is 16.7.